The number of hydrogen-bond donors (Lipinski definition) is 2. The smallest absolute Gasteiger partial charge is 0.123 e. The van der Waals surface area contributed by atoms with Crippen LogP contribution in [0.4, 0.5) is 0 Å². The first-order valence-corrected chi connectivity index (χ1v) is 7.06. The average Bonchev–Trinajstić information content (AvgIpc) is 2.37. The Morgan fingerprint density at radius 2 is 2.00 bits per heavy atom. The molecule has 4 nitrogen and oxygen atoms in total. The normalized spacial score (nSPS) is 12.8. The van der Waals surface area contributed by atoms with Crippen LogP contribution in [0, 0.1) is 11.3 Å². The first kappa shape index (κ1) is 16.5. The summed E-state index contributed by atoms with van der Waals surface area (Å²) in [5.74, 6) is 1.61. The van der Waals surface area contributed by atoms with Gasteiger partial charge in [0, 0.05) is 23.7 Å². The summed E-state index contributed by atoms with van der Waals surface area (Å²) in [6.45, 7) is 7.50. The summed E-state index contributed by atoms with van der Waals surface area (Å²) in [5.41, 5.74) is 7.37. The molecular formula is C16H27N3O. The third kappa shape index (κ3) is 4.53. The van der Waals surface area contributed by atoms with Gasteiger partial charge in [-0.2, -0.15) is 0 Å². The van der Waals surface area contributed by atoms with Gasteiger partial charge in [0.05, 0.1) is 7.11 Å². The molecule has 3 N–H and O–H groups in total. The first-order valence-electron chi connectivity index (χ1n) is 7.06. The highest BCUT2D eigenvalue weighted by Crippen LogP contribution is 2.23. The molecule has 1 aromatic carbocycles. The van der Waals surface area contributed by atoms with Crippen molar-refractivity contribution in [3.8, 4) is 5.75 Å². The number of nitrogens with two attached hydrogens (primary N) is 1. The van der Waals surface area contributed by atoms with E-state index >= 15 is 0 Å². The lowest BCUT2D eigenvalue weighted by Gasteiger charge is -2.27. The molecular weight excluding hydrogens is 250 g/mol. The van der Waals surface area contributed by atoms with Crippen molar-refractivity contribution in [2.24, 2.45) is 11.7 Å². The fraction of sp³-hybridized carbons (Fsp3) is 0.562. The van der Waals surface area contributed by atoms with Gasteiger partial charge < -0.3 is 10.5 Å². The van der Waals surface area contributed by atoms with Crippen molar-refractivity contribution < 1.29 is 4.74 Å². The Balaban J connectivity index is 2.89. The summed E-state index contributed by atoms with van der Waals surface area (Å²) in [5, 5.41) is 7.54. The van der Waals surface area contributed by atoms with Gasteiger partial charge in [-0.1, -0.05) is 13.8 Å². The fourth-order valence-electron chi connectivity index (χ4n) is 2.36. The van der Waals surface area contributed by atoms with Gasteiger partial charge in [0.2, 0.25) is 0 Å². The maximum atomic E-state index is 7.54. The van der Waals surface area contributed by atoms with Crippen LogP contribution < -0.4 is 10.5 Å². The minimum absolute atomic E-state index is 0.0896. The second kappa shape index (κ2) is 7.29. The maximum absolute atomic E-state index is 7.54. The number of nitrogen functional groups attached to an aromatic ring is 1. The van der Waals surface area contributed by atoms with Gasteiger partial charge in [0.25, 0.3) is 0 Å². The van der Waals surface area contributed by atoms with Crippen molar-refractivity contribution in [3.63, 3.8) is 0 Å². The van der Waals surface area contributed by atoms with E-state index in [9.17, 15) is 0 Å². The fourth-order valence-corrected chi connectivity index (χ4v) is 2.36. The van der Waals surface area contributed by atoms with Gasteiger partial charge in [-0.05, 0) is 44.5 Å². The Morgan fingerprint density at radius 3 is 2.50 bits per heavy atom. The average molecular weight is 277 g/mol. The van der Waals surface area contributed by atoms with Crippen molar-refractivity contribution in [2.45, 2.75) is 39.8 Å². The number of ether oxygens (including phenoxy) is 1. The molecule has 0 aliphatic rings. The van der Waals surface area contributed by atoms with Crippen molar-refractivity contribution in [2.75, 3.05) is 14.2 Å². The van der Waals surface area contributed by atoms with Crippen LogP contribution in [0.15, 0.2) is 18.2 Å². The molecule has 0 aromatic heterocycles. The van der Waals surface area contributed by atoms with E-state index in [4.69, 9.17) is 15.9 Å². The first-order chi connectivity index (χ1) is 9.35. The van der Waals surface area contributed by atoms with Gasteiger partial charge in [0.1, 0.15) is 11.6 Å². The molecule has 4 heteroatoms. The SMILES string of the molecule is COc1ccc(C(=N)N)cc1CN(C)C(C)CC(C)C. The van der Waals surface area contributed by atoms with E-state index in [2.05, 4.69) is 32.7 Å². The van der Waals surface area contributed by atoms with E-state index in [-0.39, 0.29) is 5.84 Å². The number of amidine groups is 1. The van der Waals surface area contributed by atoms with E-state index < -0.39 is 0 Å². The van der Waals surface area contributed by atoms with E-state index in [0.29, 0.717) is 12.0 Å². The predicted octanol–water partition coefficient (Wildman–Crippen LogP) is 2.85. The molecule has 1 unspecified atom stereocenters. The highest BCUT2D eigenvalue weighted by molar-refractivity contribution is 5.95. The van der Waals surface area contributed by atoms with E-state index in [1.807, 2.05) is 18.2 Å². The van der Waals surface area contributed by atoms with E-state index in [1.165, 1.54) is 0 Å². The third-order valence-electron chi connectivity index (χ3n) is 3.58. The van der Waals surface area contributed by atoms with Crippen LogP contribution >= 0.6 is 0 Å². The lowest BCUT2D eigenvalue weighted by molar-refractivity contribution is 0.218. The minimum Gasteiger partial charge on any atom is -0.496 e. The molecule has 0 aliphatic heterocycles. The molecule has 0 amide bonds. The molecule has 0 bridgehead atoms. The van der Waals surface area contributed by atoms with Crippen LogP contribution in [0.3, 0.4) is 0 Å². The van der Waals surface area contributed by atoms with Gasteiger partial charge in [-0.25, -0.2) is 0 Å². The Labute approximate surface area is 122 Å². The second-order valence-electron chi connectivity index (χ2n) is 5.83. The number of methoxy groups -OCH3 is 1. The topological polar surface area (TPSA) is 62.3 Å². The second-order valence-corrected chi connectivity index (χ2v) is 5.83. The Kier molecular flexibility index (Phi) is 6.02. The monoisotopic (exact) mass is 277 g/mol. The lowest BCUT2D eigenvalue weighted by atomic mass is 10.0. The largest absolute Gasteiger partial charge is 0.496 e. The van der Waals surface area contributed by atoms with Crippen LogP contribution in [0.25, 0.3) is 0 Å². The minimum atomic E-state index is 0.0896. The van der Waals surface area contributed by atoms with Crippen molar-refractivity contribution in [3.05, 3.63) is 29.3 Å². The van der Waals surface area contributed by atoms with E-state index in [1.54, 1.807) is 7.11 Å². The Morgan fingerprint density at radius 1 is 1.35 bits per heavy atom. The third-order valence-corrected chi connectivity index (χ3v) is 3.58. The number of hydrogen-bond acceptors (Lipinski definition) is 3. The van der Waals surface area contributed by atoms with Gasteiger partial charge >= 0.3 is 0 Å². The summed E-state index contributed by atoms with van der Waals surface area (Å²) in [7, 11) is 3.79. The molecule has 1 atom stereocenters. The van der Waals surface area contributed by atoms with Crippen LogP contribution in [0.1, 0.15) is 38.3 Å². The van der Waals surface area contributed by atoms with Crippen LogP contribution in [0.5, 0.6) is 5.75 Å². The highest BCUT2D eigenvalue weighted by atomic mass is 16.5. The van der Waals surface area contributed by atoms with Gasteiger partial charge in [-0.3, -0.25) is 10.3 Å². The summed E-state index contributed by atoms with van der Waals surface area (Å²) >= 11 is 0. The van der Waals surface area contributed by atoms with Crippen molar-refractivity contribution >= 4 is 5.84 Å². The summed E-state index contributed by atoms with van der Waals surface area (Å²) in [6.07, 6.45) is 1.16. The van der Waals surface area contributed by atoms with Crippen molar-refractivity contribution in [1.82, 2.24) is 4.90 Å². The molecule has 0 spiro atoms. The molecule has 1 rings (SSSR count). The lowest BCUT2D eigenvalue weighted by Crippen LogP contribution is -2.30. The zero-order valence-electron chi connectivity index (χ0n) is 13.2. The molecule has 0 fully saturated rings. The van der Waals surface area contributed by atoms with Gasteiger partial charge in [-0.15, -0.1) is 0 Å². The Hall–Kier alpha value is -1.55. The summed E-state index contributed by atoms with van der Waals surface area (Å²) in [4.78, 5) is 2.31. The molecule has 0 saturated heterocycles. The molecule has 0 heterocycles. The van der Waals surface area contributed by atoms with Crippen LogP contribution in [0.2, 0.25) is 0 Å². The molecule has 20 heavy (non-hydrogen) atoms. The van der Waals surface area contributed by atoms with Gasteiger partial charge in [0.15, 0.2) is 0 Å². The quantitative estimate of drug-likeness (QED) is 0.595. The molecule has 112 valence electrons. The van der Waals surface area contributed by atoms with E-state index in [0.717, 1.165) is 29.8 Å². The number of nitrogens with zero attached hydrogens (tertiary/aromatic N) is 1. The maximum Gasteiger partial charge on any atom is 0.123 e. The molecule has 0 aliphatic carbocycles. The van der Waals surface area contributed by atoms with Crippen molar-refractivity contribution in [1.29, 1.82) is 5.41 Å². The zero-order valence-corrected chi connectivity index (χ0v) is 13.2. The molecule has 0 saturated carbocycles. The molecule has 1 aromatic rings. The number of rotatable bonds is 7. The van der Waals surface area contributed by atoms with Crippen LogP contribution in [-0.4, -0.2) is 30.9 Å². The summed E-state index contributed by atoms with van der Waals surface area (Å²) in [6, 6.07) is 6.15. The molecule has 0 radical (unpaired) electrons. The van der Waals surface area contributed by atoms with Crippen LogP contribution in [-0.2, 0) is 6.54 Å². The standard InChI is InChI=1S/C16H27N3O/c1-11(2)8-12(3)19(4)10-14-9-13(16(17)18)6-7-15(14)20-5/h6-7,9,11-12H,8,10H2,1-5H3,(H3,17,18). The summed E-state index contributed by atoms with van der Waals surface area (Å²) < 4.78 is 5.40. The predicted molar refractivity (Wildman–Crippen MR) is 84.4 cm³/mol. The number of nitrogens with one attached hydrogen (secondary N) is 1. The Bertz CT molecular complexity index is 457. The number of benzene rings is 1. The highest BCUT2D eigenvalue weighted by Gasteiger charge is 2.14. The zero-order chi connectivity index (χ0) is 15.3.